The Morgan fingerprint density at radius 3 is 2.43 bits per heavy atom. The summed E-state index contributed by atoms with van der Waals surface area (Å²) < 4.78 is 4.52. The van der Waals surface area contributed by atoms with Crippen LogP contribution in [0.3, 0.4) is 0 Å². The minimum absolute atomic E-state index is 0.105. The van der Waals surface area contributed by atoms with Crippen LogP contribution in [0.25, 0.3) is 0 Å². The molecule has 0 aromatic heterocycles. The minimum atomic E-state index is -0.369. The van der Waals surface area contributed by atoms with Crippen molar-refractivity contribution in [3.05, 3.63) is 29.8 Å². The molecule has 126 valence electrons. The lowest BCUT2D eigenvalue weighted by Crippen LogP contribution is -2.32. The second kappa shape index (κ2) is 8.67. The SMILES string of the molecule is COC(=O)CCC(=O)Nc1ccc(CN2CCC(C)CC2)cc1. The van der Waals surface area contributed by atoms with E-state index in [9.17, 15) is 9.59 Å². The Bertz CT molecular complexity index is 520. The summed E-state index contributed by atoms with van der Waals surface area (Å²) in [5.74, 6) is 0.299. The molecule has 1 heterocycles. The van der Waals surface area contributed by atoms with Gasteiger partial charge in [0.05, 0.1) is 13.5 Å². The fourth-order valence-electron chi connectivity index (χ4n) is 2.71. The molecule has 23 heavy (non-hydrogen) atoms. The number of rotatable bonds is 6. The van der Waals surface area contributed by atoms with E-state index >= 15 is 0 Å². The fraction of sp³-hybridized carbons (Fsp3) is 0.556. The first-order chi connectivity index (χ1) is 11.1. The molecule has 0 bridgehead atoms. The molecule has 1 aromatic carbocycles. The van der Waals surface area contributed by atoms with E-state index in [4.69, 9.17) is 0 Å². The summed E-state index contributed by atoms with van der Waals surface area (Å²) in [5, 5.41) is 2.80. The topological polar surface area (TPSA) is 58.6 Å². The summed E-state index contributed by atoms with van der Waals surface area (Å²) >= 11 is 0. The van der Waals surface area contributed by atoms with Crippen molar-refractivity contribution in [2.45, 2.75) is 39.2 Å². The summed E-state index contributed by atoms with van der Waals surface area (Å²) in [6, 6.07) is 7.93. The number of piperidine rings is 1. The van der Waals surface area contributed by atoms with Gasteiger partial charge in [0.1, 0.15) is 0 Å². The Morgan fingerprint density at radius 2 is 1.83 bits per heavy atom. The monoisotopic (exact) mass is 318 g/mol. The fourth-order valence-corrected chi connectivity index (χ4v) is 2.71. The maximum atomic E-state index is 11.7. The van der Waals surface area contributed by atoms with Gasteiger partial charge in [0, 0.05) is 18.7 Å². The van der Waals surface area contributed by atoms with E-state index in [1.54, 1.807) is 0 Å². The van der Waals surface area contributed by atoms with Crippen LogP contribution in [0.4, 0.5) is 5.69 Å². The highest BCUT2D eigenvalue weighted by Gasteiger charge is 2.15. The average Bonchev–Trinajstić information content (AvgIpc) is 2.56. The van der Waals surface area contributed by atoms with Gasteiger partial charge in [-0.1, -0.05) is 19.1 Å². The maximum Gasteiger partial charge on any atom is 0.306 e. The van der Waals surface area contributed by atoms with Crippen LogP contribution in [0.1, 0.15) is 38.2 Å². The van der Waals surface area contributed by atoms with Gasteiger partial charge in [0.15, 0.2) is 0 Å². The molecular weight excluding hydrogens is 292 g/mol. The molecule has 0 radical (unpaired) electrons. The lowest BCUT2D eigenvalue weighted by atomic mass is 9.99. The van der Waals surface area contributed by atoms with Gasteiger partial charge in [-0.15, -0.1) is 0 Å². The van der Waals surface area contributed by atoms with Crippen molar-refractivity contribution in [2.24, 2.45) is 5.92 Å². The predicted molar refractivity (Wildman–Crippen MR) is 90.0 cm³/mol. The number of ether oxygens (including phenoxy) is 1. The van der Waals surface area contributed by atoms with E-state index in [2.05, 4.69) is 21.9 Å². The number of amides is 1. The normalized spacial score (nSPS) is 16.1. The number of likely N-dealkylation sites (tertiary alicyclic amines) is 1. The third kappa shape index (κ3) is 6.02. The van der Waals surface area contributed by atoms with Crippen LogP contribution in [-0.2, 0) is 20.9 Å². The molecule has 1 N–H and O–H groups in total. The van der Waals surface area contributed by atoms with Gasteiger partial charge >= 0.3 is 5.97 Å². The number of hydrogen-bond acceptors (Lipinski definition) is 4. The number of nitrogens with one attached hydrogen (secondary N) is 1. The van der Waals surface area contributed by atoms with E-state index in [1.807, 2.05) is 24.3 Å². The maximum absolute atomic E-state index is 11.7. The number of methoxy groups -OCH3 is 1. The number of carbonyl (C=O) groups is 2. The molecule has 1 saturated heterocycles. The molecule has 1 aliphatic heterocycles. The van der Waals surface area contributed by atoms with E-state index in [0.29, 0.717) is 0 Å². The second-order valence-electron chi connectivity index (χ2n) is 6.28. The molecule has 1 aliphatic rings. The average molecular weight is 318 g/mol. The summed E-state index contributed by atoms with van der Waals surface area (Å²) in [4.78, 5) is 25.2. The third-order valence-corrected chi connectivity index (χ3v) is 4.30. The van der Waals surface area contributed by atoms with Gasteiger partial charge in [-0.3, -0.25) is 14.5 Å². The highest BCUT2D eigenvalue weighted by atomic mass is 16.5. The number of carbonyl (C=O) groups excluding carboxylic acids is 2. The molecular formula is C18H26N2O3. The van der Waals surface area contributed by atoms with E-state index in [0.717, 1.165) is 31.2 Å². The van der Waals surface area contributed by atoms with Gasteiger partial charge in [-0.05, 0) is 49.5 Å². The summed E-state index contributed by atoms with van der Waals surface area (Å²) in [5.41, 5.74) is 2.02. The van der Waals surface area contributed by atoms with Crippen molar-refractivity contribution in [3.63, 3.8) is 0 Å². The van der Waals surface area contributed by atoms with Crippen LogP contribution < -0.4 is 5.32 Å². The molecule has 0 saturated carbocycles. The van der Waals surface area contributed by atoms with Crippen molar-refractivity contribution in [1.82, 2.24) is 4.90 Å². The Hall–Kier alpha value is -1.88. The summed E-state index contributed by atoms with van der Waals surface area (Å²) in [7, 11) is 1.32. The van der Waals surface area contributed by atoms with Crippen LogP contribution in [0, 0.1) is 5.92 Å². The number of benzene rings is 1. The largest absolute Gasteiger partial charge is 0.469 e. The van der Waals surface area contributed by atoms with E-state index in [1.165, 1.54) is 25.5 Å². The highest BCUT2D eigenvalue weighted by Crippen LogP contribution is 2.19. The predicted octanol–water partition coefficient (Wildman–Crippen LogP) is 2.81. The van der Waals surface area contributed by atoms with Crippen molar-refractivity contribution >= 4 is 17.6 Å². The molecule has 1 aromatic rings. The molecule has 5 heteroatoms. The number of anilines is 1. The van der Waals surface area contributed by atoms with Gasteiger partial charge in [0.2, 0.25) is 5.91 Å². The lowest BCUT2D eigenvalue weighted by molar-refractivity contribution is -0.141. The second-order valence-corrected chi connectivity index (χ2v) is 6.28. The van der Waals surface area contributed by atoms with E-state index < -0.39 is 0 Å². The van der Waals surface area contributed by atoms with Gasteiger partial charge in [-0.25, -0.2) is 0 Å². The van der Waals surface area contributed by atoms with Gasteiger partial charge < -0.3 is 10.1 Å². The molecule has 1 amide bonds. The van der Waals surface area contributed by atoms with Crippen LogP contribution in [0.15, 0.2) is 24.3 Å². The first-order valence-corrected chi connectivity index (χ1v) is 8.25. The Kier molecular flexibility index (Phi) is 6.59. The van der Waals surface area contributed by atoms with Gasteiger partial charge in [-0.2, -0.15) is 0 Å². The van der Waals surface area contributed by atoms with E-state index in [-0.39, 0.29) is 24.7 Å². The minimum Gasteiger partial charge on any atom is -0.469 e. The molecule has 2 rings (SSSR count). The van der Waals surface area contributed by atoms with Crippen LogP contribution >= 0.6 is 0 Å². The van der Waals surface area contributed by atoms with Crippen LogP contribution in [0.2, 0.25) is 0 Å². The van der Waals surface area contributed by atoms with Crippen molar-refractivity contribution in [1.29, 1.82) is 0 Å². The number of hydrogen-bond donors (Lipinski definition) is 1. The van der Waals surface area contributed by atoms with Crippen molar-refractivity contribution in [2.75, 3.05) is 25.5 Å². The zero-order valence-corrected chi connectivity index (χ0v) is 14.0. The van der Waals surface area contributed by atoms with Crippen molar-refractivity contribution in [3.8, 4) is 0 Å². The molecule has 1 fully saturated rings. The Balaban J connectivity index is 1.77. The smallest absolute Gasteiger partial charge is 0.306 e. The van der Waals surface area contributed by atoms with Crippen molar-refractivity contribution < 1.29 is 14.3 Å². The summed E-state index contributed by atoms with van der Waals surface area (Å²) in [6.45, 7) is 5.60. The first kappa shape index (κ1) is 17.5. The van der Waals surface area contributed by atoms with Crippen LogP contribution in [0.5, 0.6) is 0 Å². The number of nitrogens with zero attached hydrogens (tertiary/aromatic N) is 1. The zero-order valence-electron chi connectivity index (χ0n) is 14.0. The summed E-state index contributed by atoms with van der Waals surface area (Å²) in [6.07, 6.45) is 2.79. The molecule has 0 aliphatic carbocycles. The molecule has 0 unspecified atom stereocenters. The van der Waals surface area contributed by atoms with Crippen LogP contribution in [-0.4, -0.2) is 37.0 Å². The lowest BCUT2D eigenvalue weighted by Gasteiger charge is -2.30. The molecule has 5 nitrogen and oxygen atoms in total. The standard InChI is InChI=1S/C18H26N2O3/c1-14-9-11-20(12-10-14)13-15-3-5-16(6-4-15)19-17(21)7-8-18(22)23-2/h3-6,14H,7-13H2,1-2H3,(H,19,21). The quantitative estimate of drug-likeness (QED) is 0.820. The Labute approximate surface area is 138 Å². The zero-order chi connectivity index (χ0) is 16.7. The highest BCUT2D eigenvalue weighted by molar-refractivity contribution is 5.92. The number of esters is 1. The molecule has 0 spiro atoms. The molecule has 0 atom stereocenters. The third-order valence-electron chi connectivity index (χ3n) is 4.30. The first-order valence-electron chi connectivity index (χ1n) is 8.25. The van der Waals surface area contributed by atoms with Gasteiger partial charge in [0.25, 0.3) is 0 Å². The Morgan fingerprint density at radius 1 is 1.17 bits per heavy atom.